The lowest BCUT2D eigenvalue weighted by Gasteiger charge is -2.44. The summed E-state index contributed by atoms with van der Waals surface area (Å²) < 4.78 is 44.7. The Labute approximate surface area is 199 Å². The average molecular weight is 476 g/mol. The van der Waals surface area contributed by atoms with Crippen molar-refractivity contribution >= 4 is 5.97 Å². The maximum absolute atomic E-state index is 13.1. The summed E-state index contributed by atoms with van der Waals surface area (Å²) in [6.07, 6.45) is -1.41. The molecule has 184 valence electrons. The number of halogens is 3. The number of ether oxygens (including phenoxy) is 1. The first-order valence-electron chi connectivity index (χ1n) is 11.5. The van der Waals surface area contributed by atoms with E-state index in [4.69, 9.17) is 4.74 Å². The first-order chi connectivity index (χ1) is 16.1. The molecule has 1 aliphatic rings. The Bertz CT molecular complexity index is 970. The van der Waals surface area contributed by atoms with Gasteiger partial charge in [0.1, 0.15) is 5.75 Å². The molecule has 0 amide bonds. The number of aliphatic carboxylic acids is 1. The number of piperidine rings is 1. The van der Waals surface area contributed by atoms with Crippen LogP contribution in [-0.2, 0) is 11.0 Å². The Hall–Kier alpha value is -2.80. The van der Waals surface area contributed by atoms with Crippen LogP contribution in [0.1, 0.15) is 67.8 Å². The minimum Gasteiger partial charge on any atom is -0.497 e. The van der Waals surface area contributed by atoms with Gasteiger partial charge in [0.25, 0.3) is 0 Å². The highest BCUT2D eigenvalue weighted by atomic mass is 19.4. The van der Waals surface area contributed by atoms with Gasteiger partial charge in [-0.25, -0.2) is 0 Å². The van der Waals surface area contributed by atoms with Crippen molar-refractivity contribution in [2.75, 3.05) is 13.7 Å². The molecule has 1 N–H and O–H groups in total. The number of hydrogen-bond donors (Lipinski definition) is 1. The molecule has 0 spiro atoms. The smallest absolute Gasteiger partial charge is 0.416 e. The number of rotatable bonds is 9. The number of likely N-dealkylation sites (tertiary alicyclic amines) is 1. The van der Waals surface area contributed by atoms with Crippen molar-refractivity contribution in [3.05, 3.63) is 77.4 Å². The number of nitrogens with zero attached hydrogens (tertiary/aromatic N) is 1. The van der Waals surface area contributed by atoms with E-state index in [0.29, 0.717) is 13.0 Å². The summed E-state index contributed by atoms with van der Waals surface area (Å²) in [4.78, 5) is 13.7. The standard InChI is InChI=1S/C27H32F3NO3/c1-18(2)4-13-24(20-7-11-23(34-3)12-8-20)31-15-14-19(17-26(32)33)16-25(31)21-5-9-22(10-6-21)27(28,29)30/h5-12,19,24-25H,1,4,13-17H2,2-3H3,(H,32,33). The van der Waals surface area contributed by atoms with Crippen LogP contribution < -0.4 is 4.74 Å². The van der Waals surface area contributed by atoms with Gasteiger partial charge in [0.05, 0.1) is 12.7 Å². The molecule has 3 rings (SSSR count). The van der Waals surface area contributed by atoms with Crippen molar-refractivity contribution in [2.24, 2.45) is 5.92 Å². The summed E-state index contributed by atoms with van der Waals surface area (Å²) in [6.45, 7) is 6.68. The van der Waals surface area contributed by atoms with E-state index in [-0.39, 0.29) is 24.4 Å². The fourth-order valence-electron chi connectivity index (χ4n) is 4.82. The first kappa shape index (κ1) is 25.8. The molecule has 3 unspecified atom stereocenters. The number of carboxylic acids is 1. The molecular formula is C27H32F3NO3. The average Bonchev–Trinajstić information content (AvgIpc) is 2.79. The van der Waals surface area contributed by atoms with E-state index in [2.05, 4.69) is 11.5 Å². The maximum Gasteiger partial charge on any atom is 0.416 e. The highest BCUT2D eigenvalue weighted by Gasteiger charge is 2.36. The summed E-state index contributed by atoms with van der Waals surface area (Å²) >= 11 is 0. The normalized spacial score (nSPS) is 20.0. The summed E-state index contributed by atoms with van der Waals surface area (Å²) in [5.41, 5.74) is 2.24. The van der Waals surface area contributed by atoms with E-state index in [1.807, 2.05) is 31.2 Å². The van der Waals surface area contributed by atoms with Crippen LogP contribution in [0.3, 0.4) is 0 Å². The van der Waals surface area contributed by atoms with Crippen LogP contribution in [0, 0.1) is 5.92 Å². The van der Waals surface area contributed by atoms with E-state index in [0.717, 1.165) is 53.8 Å². The van der Waals surface area contributed by atoms with E-state index >= 15 is 0 Å². The molecule has 0 bridgehead atoms. The Morgan fingerprint density at radius 2 is 1.82 bits per heavy atom. The van der Waals surface area contributed by atoms with Crippen LogP contribution >= 0.6 is 0 Å². The molecule has 3 atom stereocenters. The molecule has 1 heterocycles. The third kappa shape index (κ3) is 6.63. The molecule has 4 nitrogen and oxygen atoms in total. The van der Waals surface area contributed by atoms with Crippen molar-refractivity contribution in [1.82, 2.24) is 4.90 Å². The van der Waals surface area contributed by atoms with Gasteiger partial charge in [-0.3, -0.25) is 9.69 Å². The quantitative estimate of drug-likeness (QED) is 0.395. The molecule has 2 aromatic carbocycles. The minimum atomic E-state index is -4.40. The van der Waals surface area contributed by atoms with Crippen LogP contribution in [0.25, 0.3) is 0 Å². The van der Waals surface area contributed by atoms with Gasteiger partial charge in [-0.1, -0.05) is 29.8 Å². The lowest BCUT2D eigenvalue weighted by molar-refractivity contribution is -0.139. The Balaban J connectivity index is 1.97. The number of hydrogen-bond acceptors (Lipinski definition) is 3. The Kier molecular flexibility index (Phi) is 8.42. The molecule has 0 radical (unpaired) electrons. The van der Waals surface area contributed by atoms with E-state index in [1.54, 1.807) is 7.11 Å². The fraction of sp³-hybridized carbons (Fsp3) is 0.444. The molecule has 1 fully saturated rings. The van der Waals surface area contributed by atoms with Crippen LogP contribution in [0.15, 0.2) is 60.7 Å². The number of allylic oxidation sites excluding steroid dienone is 1. The summed E-state index contributed by atoms with van der Waals surface area (Å²) in [7, 11) is 1.61. The number of methoxy groups -OCH3 is 1. The minimum absolute atomic E-state index is 0.0145. The van der Waals surface area contributed by atoms with Crippen molar-refractivity contribution < 1.29 is 27.8 Å². The molecule has 1 saturated heterocycles. The van der Waals surface area contributed by atoms with Gasteiger partial charge in [-0.2, -0.15) is 13.2 Å². The van der Waals surface area contributed by atoms with Crippen molar-refractivity contribution in [3.8, 4) is 5.75 Å². The van der Waals surface area contributed by atoms with Crippen LogP contribution in [0.4, 0.5) is 13.2 Å². The lowest BCUT2D eigenvalue weighted by atomic mass is 9.82. The molecule has 2 aromatic rings. The SMILES string of the molecule is C=C(C)CCC(c1ccc(OC)cc1)N1CCC(CC(=O)O)CC1c1ccc(C(F)(F)F)cc1. The zero-order valence-electron chi connectivity index (χ0n) is 19.6. The van der Waals surface area contributed by atoms with Gasteiger partial charge in [0, 0.05) is 18.5 Å². The van der Waals surface area contributed by atoms with Crippen LogP contribution in [0.5, 0.6) is 5.75 Å². The van der Waals surface area contributed by atoms with Crippen LogP contribution in [0.2, 0.25) is 0 Å². The van der Waals surface area contributed by atoms with Gasteiger partial charge in [0.15, 0.2) is 0 Å². The van der Waals surface area contributed by atoms with Gasteiger partial charge in [-0.15, -0.1) is 6.58 Å². The second-order valence-corrected chi connectivity index (χ2v) is 9.15. The third-order valence-electron chi connectivity index (χ3n) is 6.58. The van der Waals surface area contributed by atoms with Crippen LogP contribution in [-0.4, -0.2) is 29.6 Å². The number of carboxylic acid groups (broad SMARTS) is 1. The highest BCUT2D eigenvalue weighted by molar-refractivity contribution is 5.67. The zero-order chi connectivity index (χ0) is 24.9. The number of benzene rings is 2. The summed E-state index contributed by atoms with van der Waals surface area (Å²) in [6, 6.07) is 13.0. The summed E-state index contributed by atoms with van der Waals surface area (Å²) in [5.74, 6) is -0.126. The second kappa shape index (κ2) is 11.1. The highest BCUT2D eigenvalue weighted by Crippen LogP contribution is 2.43. The molecular weight excluding hydrogens is 443 g/mol. The Morgan fingerprint density at radius 3 is 2.35 bits per heavy atom. The molecule has 7 heteroatoms. The molecule has 0 aromatic heterocycles. The summed E-state index contributed by atoms with van der Waals surface area (Å²) in [5, 5.41) is 9.34. The van der Waals surface area contributed by atoms with E-state index in [9.17, 15) is 23.1 Å². The topological polar surface area (TPSA) is 49.8 Å². The molecule has 0 saturated carbocycles. The fourth-order valence-corrected chi connectivity index (χ4v) is 4.82. The number of alkyl halides is 3. The van der Waals surface area contributed by atoms with Gasteiger partial charge in [-0.05, 0) is 80.5 Å². The predicted molar refractivity (Wildman–Crippen MR) is 126 cm³/mol. The van der Waals surface area contributed by atoms with Crippen molar-refractivity contribution in [1.29, 1.82) is 0 Å². The molecule has 34 heavy (non-hydrogen) atoms. The number of carbonyl (C=O) groups is 1. The predicted octanol–water partition coefficient (Wildman–Crippen LogP) is 7.04. The van der Waals surface area contributed by atoms with Crippen molar-refractivity contribution in [3.63, 3.8) is 0 Å². The first-order valence-corrected chi connectivity index (χ1v) is 11.5. The van der Waals surface area contributed by atoms with Crippen molar-refractivity contribution in [2.45, 2.75) is 57.3 Å². The lowest BCUT2D eigenvalue weighted by Crippen LogP contribution is -2.40. The monoisotopic (exact) mass is 475 g/mol. The zero-order valence-corrected chi connectivity index (χ0v) is 19.6. The largest absolute Gasteiger partial charge is 0.497 e. The third-order valence-corrected chi connectivity index (χ3v) is 6.58. The van der Waals surface area contributed by atoms with Gasteiger partial charge < -0.3 is 9.84 Å². The van der Waals surface area contributed by atoms with E-state index in [1.165, 1.54) is 12.1 Å². The van der Waals surface area contributed by atoms with Gasteiger partial charge in [0.2, 0.25) is 0 Å². The van der Waals surface area contributed by atoms with Gasteiger partial charge >= 0.3 is 12.1 Å². The molecule has 1 aliphatic heterocycles. The second-order valence-electron chi connectivity index (χ2n) is 9.15. The van der Waals surface area contributed by atoms with E-state index < -0.39 is 17.7 Å². The molecule has 0 aliphatic carbocycles. The maximum atomic E-state index is 13.1. The Morgan fingerprint density at radius 1 is 1.18 bits per heavy atom.